The molecule has 1 aliphatic carbocycles. The van der Waals surface area contributed by atoms with E-state index in [0.29, 0.717) is 13.0 Å². The number of hydrogen-bond acceptors (Lipinski definition) is 3. The molecule has 0 bridgehead atoms. The fraction of sp³-hybridized carbons (Fsp3) is 0.941. The highest BCUT2D eigenvalue weighted by Crippen LogP contribution is 2.26. The molecule has 0 radical (unpaired) electrons. The average molecular weight is 311 g/mol. The lowest BCUT2D eigenvalue weighted by Gasteiger charge is -2.27. The third kappa shape index (κ3) is 5.43. The maximum Gasteiger partial charge on any atom is 0.315 e. The van der Waals surface area contributed by atoms with Gasteiger partial charge in [0.05, 0.1) is 6.10 Å². The van der Waals surface area contributed by atoms with Gasteiger partial charge < -0.3 is 15.7 Å². The number of carbonyl (C=O) groups excluding carboxylic acids is 1. The standard InChI is InChI=1S/C17H33N3O2/c1-13(21)10-17(2,3)12-18-16(22)19-14-8-9-20(11-14)15-6-4-5-7-15/h13-15,21H,4-12H2,1-3H3,(H2,18,19,22)/t13-,14+/m1/s1. The van der Waals surface area contributed by atoms with E-state index in [9.17, 15) is 9.90 Å². The van der Waals surface area contributed by atoms with Crippen LogP contribution >= 0.6 is 0 Å². The fourth-order valence-electron chi connectivity index (χ4n) is 3.93. The lowest BCUT2D eigenvalue weighted by molar-refractivity contribution is 0.128. The number of urea groups is 1. The molecule has 3 N–H and O–H groups in total. The fourth-order valence-corrected chi connectivity index (χ4v) is 3.93. The second-order valence-corrected chi connectivity index (χ2v) is 7.96. The first kappa shape index (κ1) is 17.5. The van der Waals surface area contributed by atoms with Crippen LogP contribution in [0.25, 0.3) is 0 Å². The van der Waals surface area contributed by atoms with E-state index in [4.69, 9.17) is 0 Å². The Hall–Kier alpha value is -0.810. The highest BCUT2D eigenvalue weighted by Gasteiger charge is 2.30. The Labute approximate surface area is 134 Å². The van der Waals surface area contributed by atoms with Crippen LogP contribution in [0.2, 0.25) is 0 Å². The van der Waals surface area contributed by atoms with Crippen LogP contribution in [-0.4, -0.2) is 53.9 Å². The van der Waals surface area contributed by atoms with E-state index in [1.165, 1.54) is 25.7 Å². The van der Waals surface area contributed by atoms with Crippen LogP contribution in [0.4, 0.5) is 4.79 Å². The average Bonchev–Trinajstić information content (AvgIpc) is 3.05. The molecule has 5 heteroatoms. The van der Waals surface area contributed by atoms with Gasteiger partial charge in [0.25, 0.3) is 0 Å². The van der Waals surface area contributed by atoms with Gasteiger partial charge in [-0.3, -0.25) is 4.90 Å². The van der Waals surface area contributed by atoms with Gasteiger partial charge in [0, 0.05) is 31.7 Å². The zero-order valence-corrected chi connectivity index (χ0v) is 14.4. The van der Waals surface area contributed by atoms with E-state index in [2.05, 4.69) is 29.4 Å². The second-order valence-electron chi connectivity index (χ2n) is 7.96. The van der Waals surface area contributed by atoms with E-state index in [0.717, 1.165) is 25.6 Å². The lowest BCUT2D eigenvalue weighted by atomic mass is 9.87. The summed E-state index contributed by atoms with van der Waals surface area (Å²) in [5, 5.41) is 15.5. The Morgan fingerprint density at radius 2 is 2.00 bits per heavy atom. The summed E-state index contributed by atoms with van der Waals surface area (Å²) in [7, 11) is 0. The number of nitrogens with one attached hydrogen (secondary N) is 2. The van der Waals surface area contributed by atoms with Crippen LogP contribution in [0.3, 0.4) is 0 Å². The van der Waals surface area contributed by atoms with Crippen molar-refractivity contribution in [3.05, 3.63) is 0 Å². The summed E-state index contributed by atoms with van der Waals surface area (Å²) < 4.78 is 0. The van der Waals surface area contributed by atoms with Crippen LogP contribution in [0.5, 0.6) is 0 Å². The molecule has 1 heterocycles. The number of aliphatic hydroxyl groups excluding tert-OH is 1. The van der Waals surface area contributed by atoms with Gasteiger partial charge in [-0.1, -0.05) is 26.7 Å². The molecule has 1 saturated heterocycles. The van der Waals surface area contributed by atoms with Gasteiger partial charge in [-0.2, -0.15) is 0 Å². The van der Waals surface area contributed by atoms with Gasteiger partial charge >= 0.3 is 6.03 Å². The summed E-state index contributed by atoms with van der Waals surface area (Å²) >= 11 is 0. The molecule has 0 aromatic rings. The predicted molar refractivity (Wildman–Crippen MR) is 88.8 cm³/mol. The molecular formula is C17H33N3O2. The predicted octanol–water partition coefficient (Wildman–Crippen LogP) is 2.10. The summed E-state index contributed by atoms with van der Waals surface area (Å²) in [6.45, 7) is 8.62. The molecule has 0 aromatic heterocycles. The minimum Gasteiger partial charge on any atom is -0.393 e. The molecule has 5 nitrogen and oxygen atoms in total. The summed E-state index contributed by atoms with van der Waals surface area (Å²) in [5.74, 6) is 0. The lowest BCUT2D eigenvalue weighted by Crippen LogP contribution is -2.46. The van der Waals surface area contributed by atoms with Crippen molar-refractivity contribution >= 4 is 6.03 Å². The molecule has 22 heavy (non-hydrogen) atoms. The van der Waals surface area contributed by atoms with Crippen molar-refractivity contribution in [3.63, 3.8) is 0 Å². The van der Waals surface area contributed by atoms with Crippen molar-refractivity contribution in [2.75, 3.05) is 19.6 Å². The maximum absolute atomic E-state index is 12.1. The molecule has 1 aliphatic heterocycles. The van der Waals surface area contributed by atoms with E-state index >= 15 is 0 Å². The van der Waals surface area contributed by atoms with Gasteiger partial charge in [0.1, 0.15) is 0 Å². The second kappa shape index (κ2) is 7.64. The number of hydrogen-bond donors (Lipinski definition) is 3. The molecule has 2 atom stereocenters. The van der Waals surface area contributed by atoms with Crippen LogP contribution in [-0.2, 0) is 0 Å². The quantitative estimate of drug-likeness (QED) is 0.704. The smallest absolute Gasteiger partial charge is 0.315 e. The first-order chi connectivity index (χ1) is 10.4. The number of amides is 2. The molecule has 2 fully saturated rings. The Morgan fingerprint density at radius 1 is 1.32 bits per heavy atom. The van der Waals surface area contributed by atoms with E-state index in [1.54, 1.807) is 6.92 Å². The van der Waals surface area contributed by atoms with Crippen molar-refractivity contribution in [3.8, 4) is 0 Å². The summed E-state index contributed by atoms with van der Waals surface area (Å²) in [5.41, 5.74) is -0.0862. The van der Waals surface area contributed by atoms with Crippen molar-refractivity contribution in [2.24, 2.45) is 5.41 Å². The minimum atomic E-state index is -0.338. The zero-order chi connectivity index (χ0) is 16.2. The normalized spacial score (nSPS) is 25.4. The number of likely N-dealkylation sites (tertiary alicyclic amines) is 1. The molecule has 2 amide bonds. The molecule has 128 valence electrons. The highest BCUT2D eigenvalue weighted by atomic mass is 16.3. The Morgan fingerprint density at radius 3 is 2.64 bits per heavy atom. The SMILES string of the molecule is C[C@@H](O)CC(C)(C)CNC(=O)N[C@H]1CCN(C2CCCC2)C1. The maximum atomic E-state index is 12.1. The van der Waals surface area contributed by atoms with Gasteiger partial charge in [-0.25, -0.2) is 4.79 Å². The summed E-state index contributed by atoms with van der Waals surface area (Å²) in [6, 6.07) is 0.956. The van der Waals surface area contributed by atoms with E-state index in [1.807, 2.05) is 0 Å². The van der Waals surface area contributed by atoms with Crippen LogP contribution in [0, 0.1) is 5.41 Å². The summed E-state index contributed by atoms with van der Waals surface area (Å²) in [6.07, 6.45) is 6.78. The number of aliphatic hydroxyl groups is 1. The molecule has 0 aromatic carbocycles. The first-order valence-corrected chi connectivity index (χ1v) is 8.82. The molecular weight excluding hydrogens is 278 g/mol. The topological polar surface area (TPSA) is 64.6 Å². The van der Waals surface area contributed by atoms with Crippen molar-refractivity contribution in [2.45, 2.75) is 77.5 Å². The highest BCUT2D eigenvalue weighted by molar-refractivity contribution is 5.74. The first-order valence-electron chi connectivity index (χ1n) is 8.82. The van der Waals surface area contributed by atoms with Crippen molar-refractivity contribution < 1.29 is 9.90 Å². The minimum absolute atomic E-state index is 0.0723. The third-order valence-electron chi connectivity index (χ3n) is 4.97. The Bertz CT molecular complexity index is 365. The number of carbonyl (C=O) groups is 1. The van der Waals surface area contributed by atoms with Gasteiger partial charge in [0.2, 0.25) is 0 Å². The van der Waals surface area contributed by atoms with Gasteiger partial charge in [-0.05, 0) is 38.0 Å². The monoisotopic (exact) mass is 311 g/mol. The molecule has 1 saturated carbocycles. The molecule has 2 rings (SSSR count). The van der Waals surface area contributed by atoms with Crippen LogP contribution in [0.1, 0.15) is 59.3 Å². The van der Waals surface area contributed by atoms with Crippen molar-refractivity contribution in [1.82, 2.24) is 15.5 Å². The largest absolute Gasteiger partial charge is 0.393 e. The Balaban J connectivity index is 1.67. The third-order valence-corrected chi connectivity index (χ3v) is 4.97. The van der Waals surface area contributed by atoms with E-state index < -0.39 is 0 Å². The molecule has 0 unspecified atom stereocenters. The van der Waals surface area contributed by atoms with Crippen molar-refractivity contribution in [1.29, 1.82) is 0 Å². The van der Waals surface area contributed by atoms with Gasteiger partial charge in [0.15, 0.2) is 0 Å². The van der Waals surface area contributed by atoms with Crippen LogP contribution < -0.4 is 10.6 Å². The number of rotatable bonds is 6. The van der Waals surface area contributed by atoms with Crippen LogP contribution in [0.15, 0.2) is 0 Å². The zero-order valence-electron chi connectivity index (χ0n) is 14.4. The summed E-state index contributed by atoms with van der Waals surface area (Å²) in [4.78, 5) is 14.6. The number of nitrogens with zero attached hydrogens (tertiary/aromatic N) is 1. The van der Waals surface area contributed by atoms with E-state index in [-0.39, 0.29) is 23.6 Å². The van der Waals surface area contributed by atoms with Gasteiger partial charge in [-0.15, -0.1) is 0 Å². The molecule has 2 aliphatic rings. The Kier molecular flexibility index (Phi) is 6.09. The molecule has 0 spiro atoms.